The summed E-state index contributed by atoms with van der Waals surface area (Å²) in [5.74, 6) is 0.922. The van der Waals surface area contributed by atoms with Crippen LogP contribution in [0.4, 0.5) is 0 Å². The molecule has 3 aromatic rings. The Balaban J connectivity index is 1.61. The monoisotopic (exact) mass is 432 g/mol. The Morgan fingerprint density at radius 3 is 2.65 bits per heavy atom. The molecule has 1 heterocycles. The molecule has 26 heavy (non-hydrogen) atoms. The topological polar surface area (TPSA) is 25.4 Å². The van der Waals surface area contributed by atoms with Gasteiger partial charge in [0, 0.05) is 22.0 Å². The summed E-state index contributed by atoms with van der Waals surface area (Å²) in [6.07, 6.45) is 3.83. The first-order valence-electron chi connectivity index (χ1n) is 9.14. The predicted octanol–water partition coefficient (Wildman–Crippen LogP) is 6.23. The quantitative estimate of drug-likeness (QED) is 0.374. The summed E-state index contributed by atoms with van der Waals surface area (Å²) in [4.78, 5) is 2.34. The summed E-state index contributed by atoms with van der Waals surface area (Å²) in [6.45, 7) is 5.05. The number of hydrogen-bond donors (Lipinski definition) is 0. The summed E-state index contributed by atoms with van der Waals surface area (Å²) < 4.78 is 12.8. The van der Waals surface area contributed by atoms with Crippen LogP contribution in [0.3, 0.4) is 0 Å². The van der Waals surface area contributed by atoms with Gasteiger partial charge in [-0.15, -0.1) is 0 Å². The van der Waals surface area contributed by atoms with Crippen LogP contribution in [0, 0.1) is 0 Å². The number of unbranched alkanes of at least 4 members (excludes halogenated alkanes) is 2. The molecular formula is C21H25BrN2OS. The fourth-order valence-corrected chi connectivity index (χ4v) is 3.98. The molecule has 0 aliphatic carbocycles. The lowest BCUT2D eigenvalue weighted by atomic mass is 10.1. The zero-order valence-corrected chi connectivity index (χ0v) is 17.8. The molecule has 138 valence electrons. The highest BCUT2D eigenvalue weighted by atomic mass is 79.9. The Labute approximate surface area is 168 Å². The van der Waals surface area contributed by atoms with Crippen LogP contribution in [0.5, 0.6) is 5.75 Å². The van der Waals surface area contributed by atoms with Crippen molar-refractivity contribution in [1.29, 1.82) is 0 Å². The maximum atomic E-state index is 5.95. The molecule has 0 N–H and O–H groups in total. The molecule has 0 spiro atoms. The molecule has 1 aromatic heterocycles. The summed E-state index contributed by atoms with van der Waals surface area (Å²) in [5.41, 5.74) is 2.18. The molecule has 0 fully saturated rings. The van der Waals surface area contributed by atoms with E-state index in [0.717, 1.165) is 39.3 Å². The summed E-state index contributed by atoms with van der Waals surface area (Å²) in [5, 5.41) is 1.18. The minimum atomic E-state index is 0.715. The van der Waals surface area contributed by atoms with E-state index in [1.54, 1.807) is 0 Å². The first-order valence-corrected chi connectivity index (χ1v) is 10.7. The second-order valence-corrected chi connectivity index (χ2v) is 8.28. The normalized spacial score (nSPS) is 11.4. The highest BCUT2D eigenvalue weighted by molar-refractivity contribution is 9.10. The molecule has 0 amide bonds. The average Bonchev–Trinajstić information content (AvgIpc) is 3.06. The number of ether oxygens (including phenoxy) is 1. The van der Waals surface area contributed by atoms with E-state index in [9.17, 15) is 0 Å². The van der Waals surface area contributed by atoms with Gasteiger partial charge in [-0.25, -0.2) is 0 Å². The van der Waals surface area contributed by atoms with Crippen LogP contribution in [0.1, 0.15) is 26.2 Å². The van der Waals surface area contributed by atoms with Crippen LogP contribution in [-0.4, -0.2) is 36.0 Å². The molecule has 0 saturated carbocycles. The largest absolute Gasteiger partial charge is 0.492 e. The van der Waals surface area contributed by atoms with Crippen molar-refractivity contribution < 1.29 is 4.74 Å². The summed E-state index contributed by atoms with van der Waals surface area (Å²) in [6, 6.07) is 14.6. The summed E-state index contributed by atoms with van der Waals surface area (Å²) >= 11 is 5.01. The zero-order valence-electron chi connectivity index (χ0n) is 15.4. The zero-order chi connectivity index (χ0) is 18.4. The highest BCUT2D eigenvalue weighted by Crippen LogP contribution is 2.33. The number of nitrogens with zero attached hydrogens (tertiary/aromatic N) is 2. The van der Waals surface area contributed by atoms with E-state index in [4.69, 9.17) is 4.74 Å². The second-order valence-electron chi connectivity index (χ2n) is 6.55. The van der Waals surface area contributed by atoms with Crippen LogP contribution >= 0.6 is 27.5 Å². The molecule has 0 unspecified atom stereocenters. The van der Waals surface area contributed by atoms with Gasteiger partial charge in [-0.3, -0.25) is 0 Å². The van der Waals surface area contributed by atoms with Crippen molar-refractivity contribution >= 4 is 37.5 Å². The van der Waals surface area contributed by atoms with Crippen molar-refractivity contribution in [3.8, 4) is 17.0 Å². The van der Waals surface area contributed by atoms with Crippen molar-refractivity contribution in [3.63, 3.8) is 0 Å². The van der Waals surface area contributed by atoms with E-state index >= 15 is 0 Å². The van der Waals surface area contributed by atoms with Gasteiger partial charge < -0.3 is 9.64 Å². The van der Waals surface area contributed by atoms with Gasteiger partial charge in [0.15, 0.2) is 0 Å². The molecule has 0 bridgehead atoms. The number of likely N-dealkylation sites (N-methyl/N-ethyl adjacent to an activating group) is 1. The first-order chi connectivity index (χ1) is 12.7. The van der Waals surface area contributed by atoms with Crippen LogP contribution in [-0.2, 0) is 0 Å². The first kappa shape index (κ1) is 19.3. The Morgan fingerprint density at radius 1 is 1.08 bits per heavy atom. The van der Waals surface area contributed by atoms with Crippen molar-refractivity contribution in [1.82, 2.24) is 9.27 Å². The maximum absolute atomic E-state index is 5.95. The van der Waals surface area contributed by atoms with E-state index in [0.29, 0.717) is 6.61 Å². The number of rotatable bonds is 9. The minimum absolute atomic E-state index is 0.715. The molecule has 0 saturated heterocycles. The van der Waals surface area contributed by atoms with E-state index in [1.165, 1.54) is 36.2 Å². The molecular weight excluding hydrogens is 408 g/mol. The smallest absolute Gasteiger partial charge is 0.120 e. The van der Waals surface area contributed by atoms with Gasteiger partial charge in [0.1, 0.15) is 12.4 Å². The van der Waals surface area contributed by atoms with Gasteiger partial charge in [-0.2, -0.15) is 4.37 Å². The molecule has 2 aromatic carbocycles. The van der Waals surface area contributed by atoms with E-state index < -0.39 is 0 Å². The van der Waals surface area contributed by atoms with Crippen molar-refractivity contribution in [2.45, 2.75) is 26.2 Å². The third-order valence-corrected chi connectivity index (χ3v) is 5.78. The average molecular weight is 433 g/mol. The van der Waals surface area contributed by atoms with Crippen LogP contribution < -0.4 is 4.74 Å². The fraction of sp³-hybridized carbons (Fsp3) is 0.381. The van der Waals surface area contributed by atoms with E-state index in [1.807, 2.05) is 0 Å². The SMILES string of the molecule is CCCCCN(C)CCOc1ccc2c(-c3ccc(Br)cc3)nsc2c1. The Kier molecular flexibility index (Phi) is 7.06. The molecule has 0 atom stereocenters. The minimum Gasteiger partial charge on any atom is -0.492 e. The predicted molar refractivity (Wildman–Crippen MR) is 115 cm³/mol. The number of aromatic nitrogens is 1. The number of benzene rings is 2. The lowest BCUT2D eigenvalue weighted by Gasteiger charge is -2.16. The van der Waals surface area contributed by atoms with E-state index in [-0.39, 0.29) is 0 Å². The maximum Gasteiger partial charge on any atom is 0.120 e. The molecule has 3 rings (SSSR count). The lowest BCUT2D eigenvalue weighted by molar-refractivity contribution is 0.235. The third kappa shape index (κ3) is 5.06. The lowest BCUT2D eigenvalue weighted by Crippen LogP contribution is -2.25. The van der Waals surface area contributed by atoms with Crippen molar-refractivity contribution in [3.05, 3.63) is 46.9 Å². The fourth-order valence-electron chi connectivity index (χ4n) is 2.89. The van der Waals surface area contributed by atoms with Crippen molar-refractivity contribution in [2.75, 3.05) is 26.7 Å². The Hall–Kier alpha value is -1.43. The van der Waals surface area contributed by atoms with Gasteiger partial charge in [0.2, 0.25) is 0 Å². The molecule has 3 nitrogen and oxygen atoms in total. The van der Waals surface area contributed by atoms with Gasteiger partial charge in [-0.1, -0.05) is 47.8 Å². The van der Waals surface area contributed by atoms with E-state index in [2.05, 4.69) is 81.6 Å². The summed E-state index contributed by atoms with van der Waals surface area (Å²) in [7, 11) is 2.16. The number of fused-ring (bicyclic) bond motifs is 1. The molecule has 0 aliphatic heterocycles. The van der Waals surface area contributed by atoms with Crippen molar-refractivity contribution in [2.24, 2.45) is 0 Å². The molecule has 0 radical (unpaired) electrons. The number of halogens is 1. The van der Waals surface area contributed by atoms with Crippen LogP contribution in [0.25, 0.3) is 21.3 Å². The van der Waals surface area contributed by atoms with Crippen LogP contribution in [0.15, 0.2) is 46.9 Å². The highest BCUT2D eigenvalue weighted by Gasteiger charge is 2.09. The van der Waals surface area contributed by atoms with Gasteiger partial charge in [-0.05, 0) is 61.9 Å². The van der Waals surface area contributed by atoms with Crippen LogP contribution in [0.2, 0.25) is 0 Å². The molecule has 5 heteroatoms. The van der Waals surface area contributed by atoms with Gasteiger partial charge >= 0.3 is 0 Å². The Morgan fingerprint density at radius 2 is 1.88 bits per heavy atom. The van der Waals surface area contributed by atoms with Gasteiger partial charge in [0.25, 0.3) is 0 Å². The molecule has 0 aliphatic rings. The second kappa shape index (κ2) is 9.49. The van der Waals surface area contributed by atoms with Gasteiger partial charge in [0.05, 0.1) is 10.4 Å². The Bertz CT molecular complexity index is 832. The standard InChI is InChI=1S/C21H25BrN2OS/c1-3-4-5-12-24(2)13-14-25-18-10-11-19-20(15-18)26-23-21(19)16-6-8-17(22)9-7-16/h6-11,15H,3-5,12-14H2,1-2H3. The number of hydrogen-bond acceptors (Lipinski definition) is 4. The third-order valence-electron chi connectivity index (χ3n) is 4.45.